The van der Waals surface area contributed by atoms with Crippen molar-refractivity contribution >= 4 is 11.7 Å². The Morgan fingerprint density at radius 2 is 2.50 bits per heavy atom. The summed E-state index contributed by atoms with van der Waals surface area (Å²) in [5.41, 5.74) is 6.39. The molecular weight excluding hydrogens is 180 g/mol. The van der Waals surface area contributed by atoms with Gasteiger partial charge >= 0.3 is 0 Å². The molecule has 14 heavy (non-hydrogen) atoms. The number of carbonyl (C=O) groups is 1. The van der Waals surface area contributed by atoms with Crippen molar-refractivity contribution in [2.45, 2.75) is 32.7 Å². The van der Waals surface area contributed by atoms with Crippen molar-refractivity contribution in [3.8, 4) is 0 Å². The lowest BCUT2D eigenvalue weighted by Gasteiger charge is -2.02. The Morgan fingerprint density at radius 3 is 3.07 bits per heavy atom. The first-order chi connectivity index (χ1) is 6.74. The second-order valence-corrected chi connectivity index (χ2v) is 3.19. The van der Waals surface area contributed by atoms with E-state index in [0.29, 0.717) is 18.8 Å². The van der Waals surface area contributed by atoms with Gasteiger partial charge in [-0.2, -0.15) is 5.10 Å². The Labute approximate surface area is 83.1 Å². The molecule has 0 saturated heterocycles. The molecule has 1 aromatic heterocycles. The number of carbonyl (C=O) groups excluding carboxylic acids is 1. The summed E-state index contributed by atoms with van der Waals surface area (Å²) >= 11 is 0. The summed E-state index contributed by atoms with van der Waals surface area (Å²) < 4.78 is 0. The van der Waals surface area contributed by atoms with E-state index in [1.165, 1.54) is 0 Å². The van der Waals surface area contributed by atoms with E-state index in [-0.39, 0.29) is 5.91 Å². The summed E-state index contributed by atoms with van der Waals surface area (Å²) in [5.74, 6) is 0.577. The van der Waals surface area contributed by atoms with E-state index < -0.39 is 0 Å². The lowest BCUT2D eigenvalue weighted by molar-refractivity contribution is -0.121. The highest BCUT2D eigenvalue weighted by molar-refractivity contribution is 5.75. The summed E-state index contributed by atoms with van der Waals surface area (Å²) in [5, 5.41) is 9.15. The van der Waals surface area contributed by atoms with Crippen LogP contribution in [-0.4, -0.2) is 16.1 Å². The first kappa shape index (κ1) is 10.6. The van der Waals surface area contributed by atoms with Gasteiger partial charge in [0.05, 0.1) is 6.20 Å². The fraction of sp³-hybridized carbons (Fsp3) is 0.556. The highest BCUT2D eigenvalue weighted by Gasteiger charge is 2.03. The third-order valence-electron chi connectivity index (χ3n) is 1.98. The van der Waals surface area contributed by atoms with Crippen LogP contribution in [0.3, 0.4) is 0 Å². The Kier molecular flexibility index (Phi) is 3.97. The zero-order valence-corrected chi connectivity index (χ0v) is 8.34. The van der Waals surface area contributed by atoms with Crippen LogP contribution in [0.15, 0.2) is 6.20 Å². The van der Waals surface area contributed by atoms with Crippen molar-refractivity contribution in [2.24, 2.45) is 0 Å². The zero-order chi connectivity index (χ0) is 10.4. The van der Waals surface area contributed by atoms with Crippen LogP contribution in [0.4, 0.5) is 5.82 Å². The minimum absolute atomic E-state index is 0.0625. The number of hydrogen-bond donors (Lipinski definition) is 3. The van der Waals surface area contributed by atoms with E-state index in [1.807, 2.05) is 0 Å². The first-order valence-electron chi connectivity index (χ1n) is 4.78. The summed E-state index contributed by atoms with van der Waals surface area (Å²) in [6, 6.07) is 0. The number of hydrogen-bond acceptors (Lipinski definition) is 3. The molecule has 5 nitrogen and oxygen atoms in total. The number of H-pyrrole nitrogens is 1. The quantitative estimate of drug-likeness (QED) is 0.651. The molecule has 0 fully saturated rings. The molecule has 0 saturated carbocycles. The monoisotopic (exact) mass is 196 g/mol. The molecular formula is C9H16N4O. The highest BCUT2D eigenvalue weighted by Crippen LogP contribution is 2.05. The molecule has 5 heteroatoms. The van der Waals surface area contributed by atoms with Gasteiger partial charge in [-0.25, -0.2) is 0 Å². The average Bonchev–Trinajstić information content (AvgIpc) is 2.58. The van der Waals surface area contributed by atoms with Gasteiger partial charge in [0.2, 0.25) is 5.91 Å². The highest BCUT2D eigenvalue weighted by atomic mass is 16.1. The van der Waals surface area contributed by atoms with Crippen LogP contribution in [0, 0.1) is 0 Å². The molecule has 0 atom stereocenters. The molecule has 0 aromatic carbocycles. The smallest absolute Gasteiger partial charge is 0.220 e. The number of amides is 1. The van der Waals surface area contributed by atoms with Crippen molar-refractivity contribution in [3.05, 3.63) is 11.8 Å². The van der Waals surface area contributed by atoms with E-state index >= 15 is 0 Å². The molecule has 0 radical (unpaired) electrons. The van der Waals surface area contributed by atoms with Crippen molar-refractivity contribution in [2.75, 3.05) is 5.73 Å². The second-order valence-electron chi connectivity index (χ2n) is 3.19. The van der Waals surface area contributed by atoms with Gasteiger partial charge in [-0.15, -0.1) is 0 Å². The molecule has 4 N–H and O–H groups in total. The number of nitrogens with two attached hydrogens (primary N) is 1. The van der Waals surface area contributed by atoms with Crippen LogP contribution >= 0.6 is 0 Å². The number of anilines is 1. The van der Waals surface area contributed by atoms with E-state index in [2.05, 4.69) is 22.4 Å². The van der Waals surface area contributed by atoms with Gasteiger partial charge in [-0.05, 0) is 6.42 Å². The molecule has 0 bridgehead atoms. The predicted octanol–water partition coefficient (Wildman–Crippen LogP) is 0.798. The molecule has 78 valence electrons. The number of nitrogen functional groups attached to an aromatic ring is 1. The van der Waals surface area contributed by atoms with Gasteiger partial charge in [0, 0.05) is 18.5 Å². The third kappa shape index (κ3) is 3.08. The zero-order valence-electron chi connectivity index (χ0n) is 8.34. The van der Waals surface area contributed by atoms with Gasteiger partial charge in [0.15, 0.2) is 0 Å². The Balaban J connectivity index is 2.27. The van der Waals surface area contributed by atoms with Gasteiger partial charge in [-0.1, -0.05) is 13.3 Å². The molecule has 0 aliphatic rings. The molecule has 0 spiro atoms. The predicted molar refractivity (Wildman–Crippen MR) is 54.4 cm³/mol. The molecule has 1 rings (SSSR count). The van der Waals surface area contributed by atoms with Gasteiger partial charge in [-0.3, -0.25) is 9.89 Å². The normalized spacial score (nSPS) is 10.1. The van der Waals surface area contributed by atoms with Crippen LogP contribution < -0.4 is 11.1 Å². The fourth-order valence-electron chi connectivity index (χ4n) is 1.08. The average molecular weight is 196 g/mol. The maximum Gasteiger partial charge on any atom is 0.220 e. The summed E-state index contributed by atoms with van der Waals surface area (Å²) in [6.45, 7) is 2.51. The SMILES string of the molecule is CCCCC(=O)NCc1cn[nH]c1N. The summed E-state index contributed by atoms with van der Waals surface area (Å²) in [7, 11) is 0. The standard InChI is InChI=1S/C9H16N4O/c1-2-3-4-8(14)11-5-7-6-12-13-9(7)10/h6H,2-5H2,1H3,(H,11,14)(H3,10,12,13). The first-order valence-corrected chi connectivity index (χ1v) is 4.78. The van der Waals surface area contributed by atoms with Crippen LogP contribution in [0.1, 0.15) is 31.7 Å². The maximum atomic E-state index is 11.2. The van der Waals surface area contributed by atoms with E-state index in [4.69, 9.17) is 5.73 Å². The largest absolute Gasteiger partial charge is 0.384 e. The number of aromatic nitrogens is 2. The van der Waals surface area contributed by atoms with Gasteiger partial charge in [0.25, 0.3) is 0 Å². The summed E-state index contributed by atoms with van der Waals surface area (Å²) in [4.78, 5) is 11.2. The molecule has 1 heterocycles. The number of unbranched alkanes of at least 4 members (excludes halogenated alkanes) is 1. The molecule has 0 aliphatic heterocycles. The topological polar surface area (TPSA) is 83.8 Å². The minimum atomic E-state index is 0.0625. The van der Waals surface area contributed by atoms with Crippen molar-refractivity contribution in [1.82, 2.24) is 15.5 Å². The molecule has 1 amide bonds. The molecule has 0 aliphatic carbocycles. The number of rotatable bonds is 5. The third-order valence-corrected chi connectivity index (χ3v) is 1.98. The van der Waals surface area contributed by atoms with Crippen LogP contribution in [-0.2, 0) is 11.3 Å². The van der Waals surface area contributed by atoms with E-state index in [1.54, 1.807) is 6.20 Å². The Morgan fingerprint density at radius 1 is 1.71 bits per heavy atom. The maximum absolute atomic E-state index is 11.2. The Hall–Kier alpha value is -1.52. The Bertz CT molecular complexity index is 295. The van der Waals surface area contributed by atoms with Crippen LogP contribution in [0.25, 0.3) is 0 Å². The van der Waals surface area contributed by atoms with Gasteiger partial charge < -0.3 is 11.1 Å². The van der Waals surface area contributed by atoms with Crippen molar-refractivity contribution < 1.29 is 4.79 Å². The fourth-order valence-corrected chi connectivity index (χ4v) is 1.08. The van der Waals surface area contributed by atoms with Crippen LogP contribution in [0.5, 0.6) is 0 Å². The van der Waals surface area contributed by atoms with E-state index in [9.17, 15) is 4.79 Å². The van der Waals surface area contributed by atoms with Crippen molar-refractivity contribution in [3.63, 3.8) is 0 Å². The summed E-state index contributed by atoms with van der Waals surface area (Å²) in [6.07, 6.45) is 4.15. The molecule has 1 aromatic rings. The lowest BCUT2D eigenvalue weighted by Crippen LogP contribution is -2.22. The van der Waals surface area contributed by atoms with Gasteiger partial charge in [0.1, 0.15) is 5.82 Å². The number of nitrogens with one attached hydrogen (secondary N) is 2. The second kappa shape index (κ2) is 5.26. The molecule has 0 unspecified atom stereocenters. The van der Waals surface area contributed by atoms with E-state index in [0.717, 1.165) is 18.4 Å². The van der Waals surface area contributed by atoms with Crippen LogP contribution in [0.2, 0.25) is 0 Å². The van der Waals surface area contributed by atoms with Crippen molar-refractivity contribution in [1.29, 1.82) is 0 Å². The lowest BCUT2D eigenvalue weighted by atomic mass is 10.2. The number of aromatic amines is 1. The number of nitrogens with zero attached hydrogens (tertiary/aromatic N) is 1. The minimum Gasteiger partial charge on any atom is -0.384 e.